The first-order valence-electron chi connectivity index (χ1n) is 7.50. The molecule has 1 aromatic carbocycles. The van der Waals surface area contributed by atoms with Crippen LogP contribution in [0.3, 0.4) is 0 Å². The number of aromatic nitrogens is 1. The lowest BCUT2D eigenvalue weighted by molar-refractivity contribution is -0.119. The number of thioether (sulfide) groups is 1. The first-order chi connectivity index (χ1) is 10.2. The quantitative estimate of drug-likeness (QED) is 0.861. The highest BCUT2D eigenvalue weighted by atomic mass is 32.2. The molecule has 112 valence electrons. The van der Waals surface area contributed by atoms with Crippen LogP contribution in [0.1, 0.15) is 37.7 Å². The molecule has 0 atom stereocenters. The number of thiazole rings is 1. The minimum atomic E-state index is 0.141. The van der Waals surface area contributed by atoms with Crippen molar-refractivity contribution >= 4 is 39.2 Å². The summed E-state index contributed by atoms with van der Waals surface area (Å²) in [6.45, 7) is 2.09. The molecule has 0 aliphatic heterocycles. The van der Waals surface area contributed by atoms with Gasteiger partial charge in [-0.3, -0.25) is 4.79 Å². The van der Waals surface area contributed by atoms with E-state index < -0.39 is 0 Å². The number of carbonyl (C=O) groups excluding carboxylic acids is 1. The molecule has 1 aromatic heterocycles. The van der Waals surface area contributed by atoms with Gasteiger partial charge in [0.25, 0.3) is 0 Å². The molecule has 0 radical (unpaired) electrons. The third kappa shape index (κ3) is 3.98. The van der Waals surface area contributed by atoms with Gasteiger partial charge in [0, 0.05) is 6.04 Å². The topological polar surface area (TPSA) is 42.0 Å². The van der Waals surface area contributed by atoms with Gasteiger partial charge in [0.05, 0.1) is 16.0 Å². The Morgan fingerprint density at radius 1 is 1.38 bits per heavy atom. The molecule has 1 N–H and O–H groups in total. The second-order valence-electron chi connectivity index (χ2n) is 5.64. The van der Waals surface area contributed by atoms with Crippen LogP contribution >= 0.6 is 23.1 Å². The maximum absolute atomic E-state index is 12.0. The fourth-order valence-electron chi connectivity index (χ4n) is 2.72. The van der Waals surface area contributed by atoms with Gasteiger partial charge in [-0.15, -0.1) is 11.3 Å². The van der Waals surface area contributed by atoms with Gasteiger partial charge in [0.1, 0.15) is 0 Å². The van der Waals surface area contributed by atoms with Crippen LogP contribution in [0.4, 0.5) is 0 Å². The van der Waals surface area contributed by atoms with Crippen LogP contribution in [0.25, 0.3) is 10.2 Å². The first kappa shape index (κ1) is 14.9. The largest absolute Gasteiger partial charge is 0.353 e. The normalized spacial score (nSPS) is 16.2. The van der Waals surface area contributed by atoms with Gasteiger partial charge in [0.2, 0.25) is 5.91 Å². The van der Waals surface area contributed by atoms with Gasteiger partial charge in [-0.25, -0.2) is 4.98 Å². The SMILES string of the molecule is Cc1ccc2nc(SCC(=O)NC3CCCCC3)sc2c1. The van der Waals surface area contributed by atoms with E-state index >= 15 is 0 Å². The van der Waals surface area contributed by atoms with Gasteiger partial charge >= 0.3 is 0 Å². The zero-order valence-electron chi connectivity index (χ0n) is 12.2. The minimum absolute atomic E-state index is 0.141. The van der Waals surface area contributed by atoms with E-state index in [1.807, 2.05) is 6.07 Å². The molecule has 3 nitrogen and oxygen atoms in total. The second-order valence-corrected chi connectivity index (χ2v) is 7.90. The number of aryl methyl sites for hydroxylation is 1. The average Bonchev–Trinajstić information content (AvgIpc) is 2.88. The van der Waals surface area contributed by atoms with E-state index in [0.717, 1.165) is 22.7 Å². The molecule has 1 saturated carbocycles. The predicted molar refractivity (Wildman–Crippen MR) is 90.1 cm³/mol. The van der Waals surface area contributed by atoms with Crippen molar-refractivity contribution in [1.29, 1.82) is 0 Å². The summed E-state index contributed by atoms with van der Waals surface area (Å²) in [5, 5.41) is 3.15. The van der Waals surface area contributed by atoms with Crippen LogP contribution < -0.4 is 5.32 Å². The Labute approximate surface area is 133 Å². The molecular formula is C16H20N2OS2. The highest BCUT2D eigenvalue weighted by Gasteiger charge is 2.16. The summed E-state index contributed by atoms with van der Waals surface area (Å²) in [6.07, 6.45) is 6.07. The molecular weight excluding hydrogens is 300 g/mol. The summed E-state index contributed by atoms with van der Waals surface area (Å²) in [5.41, 5.74) is 2.28. The summed E-state index contributed by atoms with van der Waals surface area (Å²) >= 11 is 3.22. The van der Waals surface area contributed by atoms with Crippen LogP contribution in [0.15, 0.2) is 22.5 Å². The maximum atomic E-state index is 12.0. The Kier molecular flexibility index (Phi) is 4.80. The lowest BCUT2D eigenvalue weighted by atomic mass is 9.95. The van der Waals surface area contributed by atoms with Crippen molar-refractivity contribution in [3.05, 3.63) is 23.8 Å². The second kappa shape index (κ2) is 6.79. The standard InChI is InChI=1S/C16H20N2OS2/c1-11-7-8-13-14(9-11)21-16(18-13)20-10-15(19)17-12-5-3-2-4-6-12/h7-9,12H,2-6,10H2,1H3,(H,17,19). The number of rotatable bonds is 4. The van der Waals surface area contributed by atoms with E-state index in [0.29, 0.717) is 11.8 Å². The number of fused-ring (bicyclic) bond motifs is 1. The molecule has 1 heterocycles. The molecule has 1 aliphatic carbocycles. The average molecular weight is 320 g/mol. The Bertz CT molecular complexity index is 632. The summed E-state index contributed by atoms with van der Waals surface area (Å²) < 4.78 is 2.18. The zero-order valence-corrected chi connectivity index (χ0v) is 13.9. The summed E-state index contributed by atoms with van der Waals surface area (Å²) in [4.78, 5) is 16.6. The maximum Gasteiger partial charge on any atom is 0.230 e. The molecule has 1 aliphatic rings. The van der Waals surface area contributed by atoms with Crippen molar-refractivity contribution in [2.75, 3.05) is 5.75 Å². The number of nitrogens with one attached hydrogen (secondary N) is 1. The van der Waals surface area contributed by atoms with Crippen molar-refractivity contribution in [2.45, 2.75) is 49.4 Å². The number of amides is 1. The molecule has 0 unspecified atom stereocenters. The van der Waals surface area contributed by atoms with Crippen molar-refractivity contribution in [2.24, 2.45) is 0 Å². The lowest BCUT2D eigenvalue weighted by Crippen LogP contribution is -2.37. The molecule has 0 saturated heterocycles. The molecule has 3 rings (SSSR count). The molecule has 0 bridgehead atoms. The highest BCUT2D eigenvalue weighted by molar-refractivity contribution is 8.01. The van der Waals surface area contributed by atoms with Gasteiger partial charge in [0.15, 0.2) is 4.34 Å². The van der Waals surface area contributed by atoms with E-state index in [2.05, 4.69) is 29.4 Å². The Morgan fingerprint density at radius 2 is 2.19 bits per heavy atom. The fraction of sp³-hybridized carbons (Fsp3) is 0.500. The summed E-state index contributed by atoms with van der Waals surface area (Å²) in [6, 6.07) is 6.67. The summed E-state index contributed by atoms with van der Waals surface area (Å²) in [5.74, 6) is 0.609. The summed E-state index contributed by atoms with van der Waals surface area (Å²) in [7, 11) is 0. The van der Waals surface area contributed by atoms with E-state index in [1.54, 1.807) is 23.1 Å². The van der Waals surface area contributed by atoms with Gasteiger partial charge in [-0.2, -0.15) is 0 Å². The molecule has 1 amide bonds. The van der Waals surface area contributed by atoms with Crippen molar-refractivity contribution < 1.29 is 4.79 Å². The number of nitrogens with zero attached hydrogens (tertiary/aromatic N) is 1. The van der Waals surface area contributed by atoms with Crippen LogP contribution in [0.2, 0.25) is 0 Å². The number of benzene rings is 1. The van der Waals surface area contributed by atoms with Crippen LogP contribution in [-0.4, -0.2) is 22.7 Å². The van der Waals surface area contributed by atoms with E-state index in [-0.39, 0.29) is 5.91 Å². The van der Waals surface area contributed by atoms with Crippen LogP contribution in [0.5, 0.6) is 0 Å². The Balaban J connectivity index is 1.54. The number of carbonyl (C=O) groups is 1. The predicted octanol–water partition coefficient (Wildman–Crippen LogP) is 4.15. The van der Waals surface area contributed by atoms with E-state index in [1.165, 1.54) is 29.5 Å². The Morgan fingerprint density at radius 3 is 3.00 bits per heavy atom. The zero-order chi connectivity index (χ0) is 14.7. The monoisotopic (exact) mass is 320 g/mol. The first-order valence-corrected chi connectivity index (χ1v) is 9.30. The van der Waals surface area contributed by atoms with Gasteiger partial charge in [-0.05, 0) is 37.5 Å². The van der Waals surface area contributed by atoms with E-state index in [9.17, 15) is 4.79 Å². The molecule has 2 aromatic rings. The van der Waals surface area contributed by atoms with Gasteiger partial charge in [-0.1, -0.05) is 37.1 Å². The lowest BCUT2D eigenvalue weighted by Gasteiger charge is -2.22. The van der Waals surface area contributed by atoms with Crippen molar-refractivity contribution in [1.82, 2.24) is 10.3 Å². The van der Waals surface area contributed by atoms with E-state index in [4.69, 9.17) is 0 Å². The van der Waals surface area contributed by atoms with Crippen LogP contribution in [-0.2, 0) is 4.79 Å². The number of hydrogen-bond acceptors (Lipinski definition) is 4. The third-order valence-corrected chi connectivity index (χ3v) is 5.98. The molecule has 21 heavy (non-hydrogen) atoms. The highest BCUT2D eigenvalue weighted by Crippen LogP contribution is 2.30. The Hall–Kier alpha value is -1.07. The third-order valence-electron chi connectivity index (χ3n) is 3.82. The minimum Gasteiger partial charge on any atom is -0.353 e. The van der Waals surface area contributed by atoms with Gasteiger partial charge < -0.3 is 5.32 Å². The molecule has 0 spiro atoms. The van der Waals surface area contributed by atoms with Crippen molar-refractivity contribution in [3.63, 3.8) is 0 Å². The number of hydrogen-bond donors (Lipinski definition) is 1. The van der Waals surface area contributed by atoms with Crippen molar-refractivity contribution in [3.8, 4) is 0 Å². The fourth-order valence-corrected chi connectivity index (χ4v) is 4.69. The van der Waals surface area contributed by atoms with Crippen LogP contribution in [0, 0.1) is 6.92 Å². The smallest absolute Gasteiger partial charge is 0.230 e. The molecule has 5 heteroatoms. The molecule has 1 fully saturated rings.